The normalized spacial score (nSPS) is 10.4. The highest BCUT2D eigenvalue weighted by Gasteiger charge is 2.10. The number of anilines is 1. The van der Waals surface area contributed by atoms with Gasteiger partial charge in [-0.1, -0.05) is 23.8 Å². The molecule has 0 saturated carbocycles. The van der Waals surface area contributed by atoms with Crippen LogP contribution in [-0.4, -0.2) is 20.7 Å². The number of hydrogen-bond donors (Lipinski definition) is 1. The molecule has 0 aliphatic heterocycles. The lowest BCUT2D eigenvalue weighted by Crippen LogP contribution is -2.26. The number of nitrogens with one attached hydrogen (secondary N) is 1. The highest BCUT2D eigenvalue weighted by Crippen LogP contribution is 2.09. The molecule has 1 N–H and O–H groups in total. The predicted octanol–water partition coefficient (Wildman–Crippen LogP) is 2.25. The van der Waals surface area contributed by atoms with Crippen LogP contribution in [0.25, 0.3) is 0 Å². The van der Waals surface area contributed by atoms with Crippen molar-refractivity contribution in [1.29, 1.82) is 0 Å². The van der Waals surface area contributed by atoms with Gasteiger partial charge < -0.3 is 5.32 Å². The third-order valence-corrected chi connectivity index (χ3v) is 3.46. The molecule has 0 spiro atoms. The van der Waals surface area contributed by atoms with Gasteiger partial charge in [-0.15, -0.1) is 0 Å². The highest BCUT2D eigenvalue weighted by atomic mass is 16.2. The molecule has 0 bridgehead atoms. The van der Waals surface area contributed by atoms with Gasteiger partial charge in [0.1, 0.15) is 5.69 Å². The maximum Gasteiger partial charge on any atom is 0.276 e. The molecule has 3 rings (SSSR count). The summed E-state index contributed by atoms with van der Waals surface area (Å²) in [5, 5.41) is 6.91. The maximum atomic E-state index is 12.3. The molecule has 1 amide bonds. The van der Waals surface area contributed by atoms with Crippen LogP contribution in [0.5, 0.6) is 0 Å². The van der Waals surface area contributed by atoms with Crippen LogP contribution in [0.2, 0.25) is 0 Å². The van der Waals surface area contributed by atoms with Crippen molar-refractivity contribution in [3.05, 3.63) is 88.1 Å². The van der Waals surface area contributed by atoms with Crippen LogP contribution < -0.4 is 10.9 Å². The summed E-state index contributed by atoms with van der Waals surface area (Å²) in [7, 11) is 0. The molecule has 0 aliphatic carbocycles. The van der Waals surface area contributed by atoms with Gasteiger partial charge in [0.2, 0.25) is 0 Å². The smallest absolute Gasteiger partial charge is 0.276 e. The molecule has 120 valence electrons. The van der Waals surface area contributed by atoms with Crippen molar-refractivity contribution in [3.63, 3.8) is 0 Å². The predicted molar refractivity (Wildman–Crippen MR) is 91.0 cm³/mol. The van der Waals surface area contributed by atoms with E-state index in [0.29, 0.717) is 5.69 Å². The number of carbonyl (C=O) groups excluding carboxylic acids is 1. The Labute approximate surface area is 138 Å². The molecule has 2 heterocycles. The van der Waals surface area contributed by atoms with E-state index in [4.69, 9.17) is 0 Å². The summed E-state index contributed by atoms with van der Waals surface area (Å²) in [5.74, 6) is -0.362. The van der Waals surface area contributed by atoms with E-state index in [1.54, 1.807) is 18.5 Å². The molecular formula is C18H16N4O2. The Morgan fingerprint density at radius 1 is 1.12 bits per heavy atom. The largest absolute Gasteiger partial charge is 0.321 e. The van der Waals surface area contributed by atoms with Gasteiger partial charge in [0.05, 0.1) is 6.54 Å². The van der Waals surface area contributed by atoms with E-state index in [0.717, 1.165) is 11.1 Å². The lowest BCUT2D eigenvalue weighted by atomic mass is 10.2. The second-order valence-electron chi connectivity index (χ2n) is 5.40. The first-order chi connectivity index (χ1) is 11.6. The van der Waals surface area contributed by atoms with Gasteiger partial charge in [0.25, 0.3) is 11.5 Å². The molecule has 0 fully saturated rings. The van der Waals surface area contributed by atoms with Crippen molar-refractivity contribution in [2.45, 2.75) is 13.5 Å². The molecule has 1 aromatic carbocycles. The van der Waals surface area contributed by atoms with E-state index in [2.05, 4.69) is 15.4 Å². The van der Waals surface area contributed by atoms with Crippen LogP contribution in [0.4, 0.5) is 5.69 Å². The van der Waals surface area contributed by atoms with Gasteiger partial charge in [-0.3, -0.25) is 14.6 Å². The summed E-state index contributed by atoms with van der Waals surface area (Å²) < 4.78 is 1.25. The quantitative estimate of drug-likeness (QED) is 0.800. The highest BCUT2D eigenvalue weighted by molar-refractivity contribution is 6.02. The average Bonchev–Trinajstić information content (AvgIpc) is 2.60. The number of pyridine rings is 1. The van der Waals surface area contributed by atoms with Crippen molar-refractivity contribution >= 4 is 11.6 Å². The number of rotatable bonds is 4. The Balaban J connectivity index is 1.81. The summed E-state index contributed by atoms with van der Waals surface area (Å²) in [5.41, 5.74) is 2.53. The second-order valence-corrected chi connectivity index (χ2v) is 5.40. The molecule has 3 aromatic rings. The Morgan fingerprint density at radius 3 is 2.62 bits per heavy atom. The lowest BCUT2D eigenvalue weighted by Gasteiger charge is -2.08. The summed E-state index contributed by atoms with van der Waals surface area (Å²) >= 11 is 0. The minimum Gasteiger partial charge on any atom is -0.321 e. The molecule has 6 heteroatoms. The second kappa shape index (κ2) is 6.87. The maximum absolute atomic E-state index is 12.3. The van der Waals surface area contributed by atoms with Crippen LogP contribution >= 0.6 is 0 Å². The first-order valence-corrected chi connectivity index (χ1v) is 7.47. The topological polar surface area (TPSA) is 76.9 Å². The van der Waals surface area contributed by atoms with Gasteiger partial charge >= 0.3 is 0 Å². The average molecular weight is 320 g/mol. The van der Waals surface area contributed by atoms with Crippen molar-refractivity contribution in [1.82, 2.24) is 14.8 Å². The summed E-state index contributed by atoms with van der Waals surface area (Å²) in [4.78, 5) is 28.3. The summed E-state index contributed by atoms with van der Waals surface area (Å²) in [6.07, 6.45) is 3.32. The fraction of sp³-hybridized carbons (Fsp3) is 0.111. The number of carbonyl (C=O) groups is 1. The van der Waals surface area contributed by atoms with Crippen LogP contribution in [0.1, 0.15) is 21.6 Å². The number of benzene rings is 1. The van der Waals surface area contributed by atoms with Crippen molar-refractivity contribution in [2.75, 3.05) is 5.32 Å². The zero-order valence-electron chi connectivity index (χ0n) is 13.1. The van der Waals surface area contributed by atoms with E-state index in [1.165, 1.54) is 16.8 Å². The molecule has 0 saturated heterocycles. The molecule has 0 aliphatic rings. The van der Waals surface area contributed by atoms with Gasteiger partial charge in [-0.05, 0) is 36.8 Å². The van der Waals surface area contributed by atoms with Crippen LogP contribution in [0.3, 0.4) is 0 Å². The van der Waals surface area contributed by atoms with Gasteiger partial charge in [-0.2, -0.15) is 5.10 Å². The Kier molecular flexibility index (Phi) is 4.47. The minimum absolute atomic E-state index is 0.180. The number of hydrogen-bond acceptors (Lipinski definition) is 4. The van der Waals surface area contributed by atoms with Crippen LogP contribution in [0.15, 0.2) is 65.7 Å². The first kappa shape index (κ1) is 15.6. The fourth-order valence-corrected chi connectivity index (χ4v) is 2.18. The van der Waals surface area contributed by atoms with E-state index in [1.807, 2.05) is 37.3 Å². The third-order valence-electron chi connectivity index (χ3n) is 3.46. The SMILES string of the molecule is Cc1ccc(NC(=O)c2ccc(=O)n(Cc3cccnc3)n2)cc1. The molecular weight excluding hydrogens is 304 g/mol. The molecule has 0 unspecified atom stereocenters. The van der Waals surface area contributed by atoms with Crippen LogP contribution in [-0.2, 0) is 6.54 Å². The Morgan fingerprint density at radius 2 is 1.92 bits per heavy atom. The molecule has 2 aromatic heterocycles. The van der Waals surface area contributed by atoms with Crippen molar-refractivity contribution in [2.24, 2.45) is 0 Å². The van der Waals surface area contributed by atoms with Crippen LogP contribution in [0, 0.1) is 6.92 Å². The van der Waals surface area contributed by atoms with Gasteiger partial charge in [-0.25, -0.2) is 4.68 Å². The monoisotopic (exact) mass is 320 g/mol. The van der Waals surface area contributed by atoms with E-state index >= 15 is 0 Å². The minimum atomic E-state index is -0.362. The fourth-order valence-electron chi connectivity index (χ4n) is 2.18. The number of nitrogens with zero attached hydrogens (tertiary/aromatic N) is 3. The summed E-state index contributed by atoms with van der Waals surface area (Å²) in [6.45, 7) is 2.24. The number of aryl methyl sites for hydroxylation is 1. The first-order valence-electron chi connectivity index (χ1n) is 7.47. The number of amides is 1. The van der Waals surface area contributed by atoms with Crippen molar-refractivity contribution in [3.8, 4) is 0 Å². The van der Waals surface area contributed by atoms with E-state index in [9.17, 15) is 9.59 Å². The molecule has 0 radical (unpaired) electrons. The van der Waals surface area contributed by atoms with E-state index in [-0.39, 0.29) is 23.7 Å². The van der Waals surface area contributed by atoms with Gasteiger partial charge in [0.15, 0.2) is 0 Å². The van der Waals surface area contributed by atoms with Crippen molar-refractivity contribution < 1.29 is 4.79 Å². The zero-order chi connectivity index (χ0) is 16.9. The molecule has 0 atom stereocenters. The summed E-state index contributed by atoms with van der Waals surface area (Å²) in [6, 6.07) is 13.9. The van der Waals surface area contributed by atoms with Gasteiger partial charge in [0, 0.05) is 24.1 Å². The lowest BCUT2D eigenvalue weighted by molar-refractivity contribution is 0.102. The Bertz CT molecular complexity index is 902. The zero-order valence-corrected chi connectivity index (χ0v) is 13.1. The standard InChI is InChI=1S/C18H16N4O2/c1-13-4-6-15(7-5-13)20-18(24)16-8-9-17(23)22(21-16)12-14-3-2-10-19-11-14/h2-11H,12H2,1H3,(H,20,24). The molecule has 6 nitrogen and oxygen atoms in total. The Hall–Kier alpha value is -3.28. The molecule has 24 heavy (non-hydrogen) atoms. The van der Waals surface area contributed by atoms with E-state index < -0.39 is 0 Å². The third kappa shape index (κ3) is 3.73. The number of aromatic nitrogens is 3.